The first-order valence-corrected chi connectivity index (χ1v) is 7.32. The van der Waals surface area contributed by atoms with E-state index in [0.29, 0.717) is 5.71 Å². The molecular formula is C12H9F2N3O3S. The number of halogens is 2. The molecule has 1 aromatic rings. The third-order valence-corrected chi connectivity index (χ3v) is 4.42. The van der Waals surface area contributed by atoms with Gasteiger partial charge >= 0.3 is 0 Å². The quantitative estimate of drug-likeness (QED) is 0.884. The monoisotopic (exact) mass is 313 g/mol. The van der Waals surface area contributed by atoms with Gasteiger partial charge in [-0.15, -0.1) is 5.48 Å². The molecule has 0 bridgehead atoms. The minimum atomic E-state index is -4.10. The predicted octanol–water partition coefficient (Wildman–Crippen LogP) is 1.42. The van der Waals surface area contributed by atoms with Crippen molar-refractivity contribution in [3.8, 4) is 0 Å². The lowest BCUT2D eigenvalue weighted by Gasteiger charge is -2.18. The van der Waals surface area contributed by atoms with E-state index < -0.39 is 33.4 Å². The third kappa shape index (κ3) is 2.41. The highest BCUT2D eigenvalue weighted by atomic mass is 32.2. The minimum Gasteiger partial charge on any atom is -0.298 e. The van der Waals surface area contributed by atoms with Gasteiger partial charge in [0.25, 0.3) is 10.0 Å². The van der Waals surface area contributed by atoms with E-state index >= 15 is 0 Å². The summed E-state index contributed by atoms with van der Waals surface area (Å²) in [6, 6.07) is 2.44. The maximum atomic E-state index is 13.6. The Labute approximate surface area is 118 Å². The number of nitrogens with one attached hydrogen (secondary N) is 2. The number of oxime groups is 1. The fraction of sp³-hybridized carbons (Fsp3) is 0.0833. The van der Waals surface area contributed by atoms with Crippen LogP contribution < -0.4 is 10.2 Å². The van der Waals surface area contributed by atoms with Crippen LogP contribution in [-0.4, -0.2) is 20.2 Å². The van der Waals surface area contributed by atoms with Crippen LogP contribution in [0.5, 0.6) is 0 Å². The van der Waals surface area contributed by atoms with Crippen LogP contribution in [0.2, 0.25) is 0 Å². The van der Waals surface area contributed by atoms with Crippen LogP contribution in [0.3, 0.4) is 0 Å². The molecule has 110 valence electrons. The summed E-state index contributed by atoms with van der Waals surface area (Å²) in [6.07, 6.45) is 4.37. The molecule has 0 saturated heterocycles. The number of fused-ring (bicyclic) bond motifs is 1. The lowest BCUT2D eigenvalue weighted by molar-refractivity contribution is 0.0665. The van der Waals surface area contributed by atoms with Gasteiger partial charge in [0.15, 0.2) is 11.6 Å². The molecule has 0 spiro atoms. The molecule has 0 fully saturated rings. The molecule has 1 heterocycles. The summed E-state index contributed by atoms with van der Waals surface area (Å²) in [4.78, 5) is 4.52. The summed E-state index contributed by atoms with van der Waals surface area (Å²) in [5.41, 5.74) is 2.32. The third-order valence-electron chi connectivity index (χ3n) is 2.94. The molecule has 21 heavy (non-hydrogen) atoms. The van der Waals surface area contributed by atoms with Gasteiger partial charge in [0.05, 0.1) is 10.6 Å². The van der Waals surface area contributed by atoms with Crippen molar-refractivity contribution in [1.29, 1.82) is 0 Å². The first-order valence-electron chi connectivity index (χ1n) is 5.83. The number of sulfonamides is 1. The zero-order valence-electron chi connectivity index (χ0n) is 10.4. The first-order chi connectivity index (χ1) is 9.99. The molecule has 2 aliphatic rings. The SMILES string of the molecule is O=S(=O)(Nc1cccc(F)c1F)C1=CC=CC2=NONC12. The van der Waals surface area contributed by atoms with Crippen molar-refractivity contribution in [2.45, 2.75) is 6.04 Å². The Morgan fingerprint density at radius 2 is 2.14 bits per heavy atom. The van der Waals surface area contributed by atoms with E-state index in [4.69, 9.17) is 0 Å². The average molecular weight is 313 g/mol. The highest BCUT2D eigenvalue weighted by Crippen LogP contribution is 2.25. The molecule has 9 heteroatoms. The normalized spacial score (nSPS) is 20.4. The van der Waals surface area contributed by atoms with Crippen molar-refractivity contribution in [3.05, 3.63) is 53.0 Å². The lowest BCUT2D eigenvalue weighted by atomic mass is 10.1. The fourth-order valence-corrected chi connectivity index (χ4v) is 3.25. The fourth-order valence-electron chi connectivity index (χ4n) is 1.94. The van der Waals surface area contributed by atoms with Gasteiger partial charge in [0.1, 0.15) is 11.8 Å². The summed E-state index contributed by atoms with van der Waals surface area (Å²) >= 11 is 0. The Morgan fingerprint density at radius 3 is 2.95 bits per heavy atom. The van der Waals surface area contributed by atoms with Gasteiger partial charge in [-0.05, 0) is 24.3 Å². The van der Waals surface area contributed by atoms with E-state index in [-0.39, 0.29) is 4.91 Å². The van der Waals surface area contributed by atoms with Crippen molar-refractivity contribution in [2.75, 3.05) is 4.72 Å². The second-order valence-electron chi connectivity index (χ2n) is 4.29. The lowest BCUT2D eigenvalue weighted by Crippen LogP contribution is -2.37. The van der Waals surface area contributed by atoms with Gasteiger partial charge in [-0.2, -0.15) is 0 Å². The number of allylic oxidation sites excluding steroid dienone is 2. The van der Waals surface area contributed by atoms with Crippen molar-refractivity contribution in [1.82, 2.24) is 5.48 Å². The summed E-state index contributed by atoms with van der Waals surface area (Å²) in [5, 5.41) is 3.61. The van der Waals surface area contributed by atoms with Gasteiger partial charge in [-0.25, -0.2) is 17.2 Å². The standard InChI is InChI=1S/C12H9F2N3O3S/c13-7-3-1-4-8(11(7)14)17-21(18,19)10-6-2-5-9-12(10)16-20-15-9/h1-6,12,16-17H. The van der Waals surface area contributed by atoms with E-state index in [9.17, 15) is 17.2 Å². The van der Waals surface area contributed by atoms with Crippen LogP contribution in [0, 0.1) is 11.6 Å². The molecule has 0 aromatic heterocycles. The summed E-state index contributed by atoms with van der Waals surface area (Å²) in [7, 11) is -4.10. The number of hydrogen-bond acceptors (Lipinski definition) is 5. The highest BCUT2D eigenvalue weighted by Gasteiger charge is 2.35. The van der Waals surface area contributed by atoms with Crippen LogP contribution in [0.15, 0.2) is 46.5 Å². The number of nitrogens with zero attached hydrogens (tertiary/aromatic N) is 1. The molecule has 2 N–H and O–H groups in total. The van der Waals surface area contributed by atoms with Gasteiger partial charge in [-0.3, -0.25) is 9.66 Å². The van der Waals surface area contributed by atoms with Crippen LogP contribution >= 0.6 is 0 Å². The Morgan fingerprint density at radius 1 is 1.33 bits per heavy atom. The largest absolute Gasteiger partial charge is 0.298 e. The van der Waals surface area contributed by atoms with Gasteiger partial charge < -0.3 is 0 Å². The number of hydroxylamine groups is 1. The van der Waals surface area contributed by atoms with Gasteiger partial charge in [-0.1, -0.05) is 17.3 Å². The second-order valence-corrected chi connectivity index (χ2v) is 5.98. The molecule has 1 unspecified atom stereocenters. The van der Waals surface area contributed by atoms with E-state index in [2.05, 4.69) is 15.6 Å². The molecule has 1 atom stereocenters. The molecule has 1 aromatic carbocycles. The van der Waals surface area contributed by atoms with E-state index in [1.807, 2.05) is 4.72 Å². The molecule has 0 amide bonds. The van der Waals surface area contributed by atoms with E-state index in [1.165, 1.54) is 18.2 Å². The van der Waals surface area contributed by atoms with Crippen LogP contribution in [-0.2, 0) is 15.0 Å². The summed E-state index contributed by atoms with van der Waals surface area (Å²) in [5.74, 6) is -2.41. The molecule has 1 aliphatic carbocycles. The van der Waals surface area contributed by atoms with Crippen molar-refractivity contribution < 1.29 is 22.1 Å². The van der Waals surface area contributed by atoms with Crippen molar-refractivity contribution in [3.63, 3.8) is 0 Å². The zero-order chi connectivity index (χ0) is 15.0. The first kappa shape index (κ1) is 13.7. The van der Waals surface area contributed by atoms with Gasteiger partial charge in [0.2, 0.25) is 0 Å². The molecule has 0 radical (unpaired) electrons. The van der Waals surface area contributed by atoms with Crippen LogP contribution in [0.4, 0.5) is 14.5 Å². The van der Waals surface area contributed by atoms with Gasteiger partial charge in [0, 0.05) is 0 Å². The average Bonchev–Trinajstić information content (AvgIpc) is 2.91. The molecule has 6 nitrogen and oxygen atoms in total. The smallest absolute Gasteiger partial charge is 0.260 e. The summed E-state index contributed by atoms with van der Waals surface area (Å²) in [6.45, 7) is 0. The summed E-state index contributed by atoms with van der Waals surface area (Å²) < 4.78 is 53.3. The predicted molar refractivity (Wildman–Crippen MR) is 71.6 cm³/mol. The molecular weight excluding hydrogens is 304 g/mol. The highest BCUT2D eigenvalue weighted by molar-refractivity contribution is 7.96. The Balaban J connectivity index is 1.94. The Hall–Kier alpha value is -2.26. The Kier molecular flexibility index (Phi) is 3.22. The number of rotatable bonds is 3. The van der Waals surface area contributed by atoms with Crippen LogP contribution in [0.25, 0.3) is 0 Å². The maximum absolute atomic E-state index is 13.6. The topological polar surface area (TPSA) is 79.8 Å². The van der Waals surface area contributed by atoms with E-state index in [0.717, 1.165) is 12.1 Å². The molecule has 1 aliphatic heterocycles. The Bertz CT molecular complexity index is 787. The maximum Gasteiger partial charge on any atom is 0.260 e. The van der Waals surface area contributed by atoms with Crippen molar-refractivity contribution >= 4 is 21.4 Å². The van der Waals surface area contributed by atoms with E-state index in [1.54, 1.807) is 6.08 Å². The molecule has 3 rings (SSSR count). The minimum absolute atomic E-state index is 0.107. The zero-order valence-corrected chi connectivity index (χ0v) is 11.2. The van der Waals surface area contributed by atoms with Crippen LogP contribution in [0.1, 0.15) is 0 Å². The molecule has 0 saturated carbocycles. The van der Waals surface area contributed by atoms with Crippen molar-refractivity contribution in [2.24, 2.45) is 5.16 Å². The number of benzene rings is 1. The number of anilines is 1. The second kappa shape index (κ2) is 4.93. The number of hydrogen-bond donors (Lipinski definition) is 2.